The van der Waals surface area contributed by atoms with E-state index in [2.05, 4.69) is 10.4 Å². The van der Waals surface area contributed by atoms with Gasteiger partial charge in [-0.15, -0.1) is 0 Å². The summed E-state index contributed by atoms with van der Waals surface area (Å²) in [5, 5.41) is 6.75. The fourth-order valence-electron chi connectivity index (χ4n) is 2.11. The highest BCUT2D eigenvalue weighted by Crippen LogP contribution is 2.12. The maximum absolute atomic E-state index is 11.8. The summed E-state index contributed by atoms with van der Waals surface area (Å²) in [6, 6.07) is 9.12. The molecule has 1 amide bonds. The quantitative estimate of drug-likeness (QED) is 0.841. The zero-order valence-corrected chi connectivity index (χ0v) is 13.2. The fourth-order valence-corrected chi connectivity index (χ4v) is 3.35. The molecule has 0 saturated carbocycles. The number of sulfone groups is 1. The lowest BCUT2D eigenvalue weighted by molar-refractivity contribution is -0.113. The van der Waals surface area contributed by atoms with Crippen molar-refractivity contribution in [1.29, 1.82) is 0 Å². The molecule has 2 rings (SSSR count). The molecular formula is C15H19N3O3S. The van der Waals surface area contributed by atoms with Crippen LogP contribution in [-0.4, -0.2) is 35.6 Å². The van der Waals surface area contributed by atoms with Crippen LogP contribution >= 0.6 is 0 Å². The van der Waals surface area contributed by atoms with Crippen LogP contribution in [0, 0.1) is 0 Å². The van der Waals surface area contributed by atoms with Crippen LogP contribution in [0.4, 0.5) is 5.69 Å². The van der Waals surface area contributed by atoms with Crippen molar-refractivity contribution in [2.24, 2.45) is 0 Å². The first-order chi connectivity index (χ1) is 10.5. The third-order valence-corrected chi connectivity index (χ3v) is 4.71. The summed E-state index contributed by atoms with van der Waals surface area (Å²) in [6.45, 7) is 2.36. The number of aromatic nitrogens is 2. The Labute approximate surface area is 130 Å². The van der Waals surface area contributed by atoms with E-state index in [0.717, 1.165) is 5.56 Å². The van der Waals surface area contributed by atoms with Gasteiger partial charge in [0.2, 0.25) is 5.91 Å². The van der Waals surface area contributed by atoms with E-state index in [0.29, 0.717) is 18.7 Å². The topological polar surface area (TPSA) is 81.1 Å². The molecule has 0 radical (unpaired) electrons. The molecule has 0 aliphatic rings. The molecule has 22 heavy (non-hydrogen) atoms. The van der Waals surface area contributed by atoms with Gasteiger partial charge in [0.15, 0.2) is 9.84 Å². The van der Waals surface area contributed by atoms with Gasteiger partial charge in [-0.05, 0) is 30.2 Å². The molecule has 0 fully saturated rings. The number of benzene rings is 1. The fraction of sp³-hybridized carbons (Fsp3) is 0.333. The van der Waals surface area contributed by atoms with E-state index in [1.807, 2.05) is 30.5 Å². The van der Waals surface area contributed by atoms with Gasteiger partial charge < -0.3 is 5.32 Å². The number of amides is 1. The van der Waals surface area contributed by atoms with Crippen LogP contribution in [0.1, 0.15) is 18.9 Å². The van der Waals surface area contributed by atoms with Crippen molar-refractivity contribution in [2.75, 3.05) is 16.8 Å². The second-order valence-electron chi connectivity index (χ2n) is 5.04. The van der Waals surface area contributed by atoms with Gasteiger partial charge in [-0.25, -0.2) is 8.42 Å². The number of nitrogens with one attached hydrogen (secondary N) is 1. The van der Waals surface area contributed by atoms with Gasteiger partial charge in [0.25, 0.3) is 0 Å². The van der Waals surface area contributed by atoms with E-state index in [1.54, 1.807) is 23.9 Å². The molecule has 0 unspecified atom stereocenters. The van der Waals surface area contributed by atoms with Gasteiger partial charge in [0, 0.05) is 18.1 Å². The average molecular weight is 321 g/mol. The summed E-state index contributed by atoms with van der Waals surface area (Å²) in [5.74, 6) is -0.964. The van der Waals surface area contributed by atoms with Crippen molar-refractivity contribution < 1.29 is 13.2 Å². The largest absolute Gasteiger partial charge is 0.325 e. The van der Waals surface area contributed by atoms with Gasteiger partial charge in [-0.3, -0.25) is 9.48 Å². The van der Waals surface area contributed by atoms with Crippen LogP contribution in [0.25, 0.3) is 0 Å². The van der Waals surface area contributed by atoms with Gasteiger partial charge >= 0.3 is 0 Å². The van der Waals surface area contributed by atoms with Crippen molar-refractivity contribution in [2.45, 2.75) is 19.9 Å². The number of nitrogens with zero attached hydrogens (tertiary/aromatic N) is 2. The molecule has 0 saturated heterocycles. The van der Waals surface area contributed by atoms with E-state index in [9.17, 15) is 13.2 Å². The monoisotopic (exact) mass is 321 g/mol. The number of carbonyl (C=O) groups excluding carboxylic acids is 1. The van der Waals surface area contributed by atoms with Gasteiger partial charge in [0.05, 0.1) is 12.3 Å². The minimum absolute atomic E-state index is 0.0275. The second kappa shape index (κ2) is 7.22. The predicted molar refractivity (Wildman–Crippen MR) is 85.3 cm³/mol. The van der Waals surface area contributed by atoms with Crippen molar-refractivity contribution in [3.05, 3.63) is 48.3 Å². The Morgan fingerprint density at radius 2 is 2.14 bits per heavy atom. The average Bonchev–Trinajstić information content (AvgIpc) is 2.90. The maximum Gasteiger partial charge on any atom is 0.239 e. The highest BCUT2D eigenvalue weighted by atomic mass is 32.2. The first kappa shape index (κ1) is 16.2. The van der Waals surface area contributed by atoms with Crippen molar-refractivity contribution >= 4 is 21.4 Å². The van der Waals surface area contributed by atoms with Crippen LogP contribution in [0.2, 0.25) is 0 Å². The summed E-state index contributed by atoms with van der Waals surface area (Å²) in [4.78, 5) is 11.8. The van der Waals surface area contributed by atoms with E-state index in [4.69, 9.17) is 0 Å². The lowest BCUT2D eigenvalue weighted by atomic mass is 10.2. The summed E-state index contributed by atoms with van der Waals surface area (Å²) < 4.78 is 25.0. The zero-order chi connectivity index (χ0) is 16.0. The molecule has 7 heteroatoms. The lowest BCUT2D eigenvalue weighted by Gasteiger charge is -2.08. The first-order valence-corrected chi connectivity index (χ1v) is 8.87. The smallest absolute Gasteiger partial charge is 0.239 e. The standard InChI is InChI=1S/C15H19N3O3S/c1-2-9-22(20,21)12-15(19)17-14-6-3-5-13(10-14)11-18-8-4-7-16-18/h3-8,10H,2,9,11-12H2,1H3,(H,17,19). The molecular weight excluding hydrogens is 302 g/mol. The highest BCUT2D eigenvalue weighted by Gasteiger charge is 2.15. The summed E-state index contributed by atoms with van der Waals surface area (Å²) in [5.41, 5.74) is 1.55. The van der Waals surface area contributed by atoms with Crippen LogP contribution in [0.15, 0.2) is 42.7 Å². The molecule has 1 N–H and O–H groups in total. The predicted octanol–water partition coefficient (Wildman–Crippen LogP) is 1.69. The Bertz CT molecular complexity index is 724. The molecule has 0 aliphatic carbocycles. The molecule has 0 aliphatic heterocycles. The van der Waals surface area contributed by atoms with E-state index < -0.39 is 21.5 Å². The normalized spacial score (nSPS) is 11.3. The minimum Gasteiger partial charge on any atom is -0.325 e. The Morgan fingerprint density at radius 1 is 1.32 bits per heavy atom. The molecule has 1 aromatic carbocycles. The molecule has 1 aromatic heterocycles. The van der Waals surface area contributed by atoms with Crippen molar-refractivity contribution in [3.63, 3.8) is 0 Å². The number of anilines is 1. The summed E-state index contributed by atoms with van der Waals surface area (Å²) in [6.07, 6.45) is 4.06. The molecule has 6 nitrogen and oxygen atoms in total. The maximum atomic E-state index is 11.8. The van der Waals surface area contributed by atoms with Crippen molar-refractivity contribution in [3.8, 4) is 0 Å². The second-order valence-corrected chi connectivity index (χ2v) is 7.23. The Hall–Kier alpha value is -2.15. The number of rotatable bonds is 7. The third-order valence-electron chi connectivity index (χ3n) is 2.98. The van der Waals surface area contributed by atoms with Gasteiger partial charge in [-0.1, -0.05) is 19.1 Å². The SMILES string of the molecule is CCCS(=O)(=O)CC(=O)Nc1cccc(Cn2cccn2)c1. The summed E-state index contributed by atoms with van der Waals surface area (Å²) >= 11 is 0. The Balaban J connectivity index is 1.99. The number of hydrogen-bond acceptors (Lipinski definition) is 4. The molecule has 118 valence electrons. The van der Waals surface area contributed by atoms with Crippen molar-refractivity contribution in [1.82, 2.24) is 9.78 Å². The molecule has 0 spiro atoms. The van der Waals surface area contributed by atoms with Gasteiger partial charge in [-0.2, -0.15) is 5.10 Å². The van der Waals surface area contributed by atoms with E-state index in [1.165, 1.54) is 0 Å². The molecule has 0 bridgehead atoms. The van der Waals surface area contributed by atoms with Crippen LogP contribution in [-0.2, 0) is 21.2 Å². The van der Waals surface area contributed by atoms with E-state index >= 15 is 0 Å². The van der Waals surface area contributed by atoms with Crippen LogP contribution < -0.4 is 5.32 Å². The molecule has 0 atom stereocenters. The Morgan fingerprint density at radius 3 is 2.82 bits per heavy atom. The highest BCUT2D eigenvalue weighted by molar-refractivity contribution is 7.92. The Kier molecular flexibility index (Phi) is 5.32. The lowest BCUT2D eigenvalue weighted by Crippen LogP contribution is -2.24. The summed E-state index contributed by atoms with van der Waals surface area (Å²) in [7, 11) is -3.33. The molecule has 1 heterocycles. The van der Waals surface area contributed by atoms with E-state index in [-0.39, 0.29) is 5.75 Å². The van der Waals surface area contributed by atoms with Crippen LogP contribution in [0.5, 0.6) is 0 Å². The minimum atomic E-state index is -3.33. The van der Waals surface area contributed by atoms with Gasteiger partial charge in [0.1, 0.15) is 5.75 Å². The van der Waals surface area contributed by atoms with Crippen LogP contribution in [0.3, 0.4) is 0 Å². The number of carbonyl (C=O) groups is 1. The molecule has 2 aromatic rings. The third kappa shape index (κ3) is 5.00. The zero-order valence-electron chi connectivity index (χ0n) is 12.4. The number of hydrogen-bond donors (Lipinski definition) is 1. The first-order valence-electron chi connectivity index (χ1n) is 7.05.